The van der Waals surface area contributed by atoms with Crippen molar-refractivity contribution in [1.82, 2.24) is 19.6 Å². The lowest BCUT2D eigenvalue weighted by Gasteiger charge is -2.54. The lowest BCUT2D eigenvalue weighted by molar-refractivity contribution is -0.154. The van der Waals surface area contributed by atoms with Gasteiger partial charge in [-0.2, -0.15) is 5.10 Å². The Labute approximate surface area is 169 Å². The predicted octanol–water partition coefficient (Wildman–Crippen LogP) is 1.04. The first-order valence-corrected chi connectivity index (χ1v) is 9.79. The molecule has 1 aromatic carbocycles. The van der Waals surface area contributed by atoms with Crippen molar-refractivity contribution >= 4 is 17.7 Å². The molecule has 1 aromatic heterocycles. The van der Waals surface area contributed by atoms with Gasteiger partial charge in [0.15, 0.2) is 0 Å². The number of aryl methyl sites for hydroxylation is 1. The Morgan fingerprint density at radius 1 is 1.10 bits per heavy atom. The Morgan fingerprint density at radius 2 is 1.83 bits per heavy atom. The van der Waals surface area contributed by atoms with Gasteiger partial charge in [0, 0.05) is 31.6 Å². The number of nitrogens with zero attached hydrogens (tertiary/aromatic N) is 4. The fourth-order valence-corrected chi connectivity index (χ4v) is 4.51. The van der Waals surface area contributed by atoms with E-state index in [1.165, 1.54) is 4.90 Å². The van der Waals surface area contributed by atoms with Crippen molar-refractivity contribution in [3.8, 4) is 5.69 Å². The smallest absolute Gasteiger partial charge is 0.311 e. The molecule has 0 unspecified atom stereocenters. The molecule has 2 fully saturated rings. The molecule has 2 saturated heterocycles. The Hall–Kier alpha value is -3.16. The van der Waals surface area contributed by atoms with Gasteiger partial charge in [0.1, 0.15) is 0 Å². The van der Waals surface area contributed by atoms with Gasteiger partial charge in [-0.25, -0.2) is 4.68 Å². The van der Waals surface area contributed by atoms with Crippen LogP contribution in [0.4, 0.5) is 0 Å². The minimum absolute atomic E-state index is 0.0415. The third-order valence-corrected chi connectivity index (χ3v) is 5.99. The predicted molar refractivity (Wildman–Crippen MR) is 106 cm³/mol. The molecule has 2 aliphatic heterocycles. The van der Waals surface area contributed by atoms with Crippen molar-refractivity contribution in [3.63, 3.8) is 0 Å². The molecule has 0 aliphatic carbocycles. The van der Waals surface area contributed by atoms with E-state index >= 15 is 0 Å². The van der Waals surface area contributed by atoms with Gasteiger partial charge in [-0.1, -0.05) is 12.1 Å². The molecule has 0 saturated carbocycles. The maximum atomic E-state index is 13.2. The molecule has 8 heteroatoms. The summed E-state index contributed by atoms with van der Waals surface area (Å²) in [5.41, 5.74) is 8.40. The number of benzene rings is 1. The molecule has 152 valence electrons. The van der Waals surface area contributed by atoms with E-state index in [2.05, 4.69) is 5.10 Å². The second-order valence-corrected chi connectivity index (χ2v) is 8.25. The zero-order valence-corrected chi connectivity index (χ0v) is 16.7. The van der Waals surface area contributed by atoms with Gasteiger partial charge in [-0.15, -0.1) is 0 Å². The highest BCUT2D eigenvalue weighted by atomic mass is 16.2. The number of hydrogen-bond acceptors (Lipinski definition) is 4. The molecular weight excluding hydrogens is 370 g/mol. The molecule has 2 aliphatic rings. The number of rotatable bonds is 2. The van der Waals surface area contributed by atoms with Crippen molar-refractivity contribution < 1.29 is 14.4 Å². The van der Waals surface area contributed by atoms with Gasteiger partial charge < -0.3 is 15.5 Å². The highest BCUT2D eigenvalue weighted by molar-refractivity contribution is 6.34. The van der Waals surface area contributed by atoms with Gasteiger partial charge in [0.2, 0.25) is 0 Å². The van der Waals surface area contributed by atoms with Crippen LogP contribution in [0, 0.1) is 19.3 Å². The van der Waals surface area contributed by atoms with Crippen molar-refractivity contribution in [2.24, 2.45) is 11.1 Å². The van der Waals surface area contributed by atoms with E-state index in [0.29, 0.717) is 31.7 Å². The minimum Gasteiger partial charge on any atom is -0.361 e. The maximum absolute atomic E-state index is 13.2. The molecular formula is C21H25N5O3. The Bertz CT molecular complexity index is 990. The third kappa shape index (κ3) is 3.39. The van der Waals surface area contributed by atoms with E-state index in [-0.39, 0.29) is 11.3 Å². The number of hydrogen-bond donors (Lipinski definition) is 1. The summed E-state index contributed by atoms with van der Waals surface area (Å²) in [6.45, 7) is 6.12. The molecule has 0 atom stereocenters. The number of carbonyl (C=O) groups is 3. The zero-order valence-electron chi connectivity index (χ0n) is 16.7. The molecule has 2 aromatic rings. The number of primary amides is 1. The van der Waals surface area contributed by atoms with E-state index in [1.807, 2.05) is 43.0 Å². The average molecular weight is 395 g/mol. The summed E-state index contributed by atoms with van der Waals surface area (Å²) in [5, 5.41) is 4.43. The van der Waals surface area contributed by atoms with Gasteiger partial charge in [-0.05, 0) is 44.4 Å². The topological polar surface area (TPSA) is 102 Å². The van der Waals surface area contributed by atoms with Crippen LogP contribution in [-0.2, 0) is 9.59 Å². The van der Waals surface area contributed by atoms with E-state index in [9.17, 15) is 14.4 Å². The highest BCUT2D eigenvalue weighted by Gasteiger charge is 2.49. The molecule has 29 heavy (non-hydrogen) atoms. The molecule has 2 N–H and O–H groups in total. The van der Waals surface area contributed by atoms with Crippen LogP contribution in [0.25, 0.3) is 5.69 Å². The van der Waals surface area contributed by atoms with Crippen LogP contribution >= 0.6 is 0 Å². The second kappa shape index (κ2) is 7.02. The quantitative estimate of drug-likeness (QED) is 0.768. The first kappa shape index (κ1) is 19.2. The fourth-order valence-electron chi connectivity index (χ4n) is 4.51. The summed E-state index contributed by atoms with van der Waals surface area (Å²) in [6, 6.07) is 7.99. The Kier molecular flexibility index (Phi) is 4.64. The van der Waals surface area contributed by atoms with Crippen LogP contribution in [-0.4, -0.2) is 63.5 Å². The zero-order chi connectivity index (χ0) is 20.8. The minimum atomic E-state index is -0.928. The molecule has 8 nitrogen and oxygen atoms in total. The summed E-state index contributed by atoms with van der Waals surface area (Å²) >= 11 is 0. The van der Waals surface area contributed by atoms with Gasteiger partial charge in [0.05, 0.1) is 23.1 Å². The van der Waals surface area contributed by atoms with Crippen LogP contribution in [0.1, 0.15) is 34.5 Å². The van der Waals surface area contributed by atoms with E-state index in [4.69, 9.17) is 5.73 Å². The number of carbonyl (C=O) groups excluding carboxylic acids is 3. The van der Waals surface area contributed by atoms with Crippen LogP contribution in [0.2, 0.25) is 0 Å². The molecule has 4 rings (SSSR count). The summed E-state index contributed by atoms with van der Waals surface area (Å²) in [6.07, 6.45) is 3.43. The number of likely N-dealkylation sites (tertiary alicyclic amines) is 2. The van der Waals surface area contributed by atoms with Gasteiger partial charge in [0.25, 0.3) is 5.91 Å². The number of nitrogens with two attached hydrogens (primary N) is 1. The second-order valence-electron chi connectivity index (χ2n) is 8.25. The Balaban J connectivity index is 1.49. The molecule has 0 radical (unpaired) electrons. The van der Waals surface area contributed by atoms with E-state index < -0.39 is 11.8 Å². The molecule has 0 bridgehead atoms. The van der Waals surface area contributed by atoms with Crippen LogP contribution in [0.15, 0.2) is 30.5 Å². The number of piperidine rings is 1. The lowest BCUT2D eigenvalue weighted by Crippen LogP contribution is -2.66. The number of aromatic nitrogens is 2. The van der Waals surface area contributed by atoms with Crippen molar-refractivity contribution in [2.75, 3.05) is 26.2 Å². The standard InChI is InChI=1S/C21H25N5O3/c1-14-5-3-6-16(9-14)26-15(2)17(10-23-26)19(28)24-8-4-7-21(11-24)12-25(13-21)20(29)18(22)27/h3,5-6,9-10H,4,7-8,11-13H2,1-2H3,(H2,22,27). The molecule has 3 amide bonds. The summed E-state index contributed by atoms with van der Waals surface area (Å²) < 4.78 is 1.79. The van der Waals surface area contributed by atoms with Crippen molar-refractivity contribution in [1.29, 1.82) is 0 Å². The van der Waals surface area contributed by atoms with Gasteiger partial charge in [-0.3, -0.25) is 14.4 Å². The highest BCUT2D eigenvalue weighted by Crippen LogP contribution is 2.39. The summed E-state index contributed by atoms with van der Waals surface area (Å²) in [5.74, 6) is -1.61. The fraction of sp³-hybridized carbons (Fsp3) is 0.429. The van der Waals surface area contributed by atoms with Crippen LogP contribution in [0.3, 0.4) is 0 Å². The lowest BCUT2D eigenvalue weighted by atomic mass is 9.73. The van der Waals surface area contributed by atoms with Crippen molar-refractivity contribution in [2.45, 2.75) is 26.7 Å². The first-order chi connectivity index (χ1) is 13.8. The largest absolute Gasteiger partial charge is 0.361 e. The summed E-state index contributed by atoms with van der Waals surface area (Å²) in [7, 11) is 0. The van der Waals surface area contributed by atoms with Gasteiger partial charge >= 0.3 is 11.8 Å². The summed E-state index contributed by atoms with van der Waals surface area (Å²) in [4.78, 5) is 39.4. The number of amides is 3. The average Bonchev–Trinajstić information content (AvgIpc) is 3.06. The van der Waals surface area contributed by atoms with E-state index in [1.54, 1.807) is 10.9 Å². The SMILES string of the molecule is Cc1cccc(-n2ncc(C(=O)N3CCCC4(CN(C(=O)C(N)=O)C4)C3)c2C)c1. The maximum Gasteiger partial charge on any atom is 0.311 e. The Morgan fingerprint density at radius 3 is 2.52 bits per heavy atom. The third-order valence-electron chi connectivity index (χ3n) is 5.99. The normalized spacial score (nSPS) is 17.9. The van der Waals surface area contributed by atoms with Crippen LogP contribution in [0.5, 0.6) is 0 Å². The van der Waals surface area contributed by atoms with Crippen LogP contribution < -0.4 is 5.73 Å². The first-order valence-electron chi connectivity index (χ1n) is 9.79. The van der Waals surface area contributed by atoms with Crippen molar-refractivity contribution in [3.05, 3.63) is 47.3 Å². The molecule has 1 spiro atoms. The van der Waals surface area contributed by atoms with E-state index in [0.717, 1.165) is 29.8 Å². The molecule has 3 heterocycles. The monoisotopic (exact) mass is 395 g/mol.